The molecule has 0 spiro atoms. The number of nitrogens with zero attached hydrogens (tertiary/aromatic N) is 2. The minimum atomic E-state index is 0.146. The summed E-state index contributed by atoms with van der Waals surface area (Å²) < 4.78 is 0.689. The highest BCUT2D eigenvalue weighted by Gasteiger charge is 2.11. The maximum atomic E-state index is 5.94. The number of benzene rings is 1. The van der Waals surface area contributed by atoms with Gasteiger partial charge in [0, 0.05) is 6.04 Å². The molecule has 0 saturated heterocycles. The molecule has 0 fully saturated rings. The van der Waals surface area contributed by atoms with E-state index in [1.807, 2.05) is 0 Å². The van der Waals surface area contributed by atoms with Gasteiger partial charge in [0.15, 0.2) is 0 Å². The SMILES string of the molecule is CCc1ccc(C(C)Nc2ncnc(Cl)c2Br)cc1. The smallest absolute Gasteiger partial charge is 0.148 e. The summed E-state index contributed by atoms with van der Waals surface area (Å²) >= 11 is 9.33. The molecule has 5 heteroatoms. The largest absolute Gasteiger partial charge is 0.362 e. The lowest BCUT2D eigenvalue weighted by Gasteiger charge is -2.16. The van der Waals surface area contributed by atoms with Gasteiger partial charge in [-0.1, -0.05) is 42.8 Å². The van der Waals surface area contributed by atoms with E-state index in [-0.39, 0.29) is 6.04 Å². The van der Waals surface area contributed by atoms with Crippen LogP contribution >= 0.6 is 27.5 Å². The van der Waals surface area contributed by atoms with Gasteiger partial charge in [-0.15, -0.1) is 0 Å². The van der Waals surface area contributed by atoms with Gasteiger partial charge in [0.25, 0.3) is 0 Å². The molecular formula is C14H15BrClN3. The van der Waals surface area contributed by atoms with E-state index in [0.717, 1.165) is 6.42 Å². The van der Waals surface area contributed by atoms with Crippen LogP contribution in [0.4, 0.5) is 5.82 Å². The van der Waals surface area contributed by atoms with Crippen LogP contribution in [0.3, 0.4) is 0 Å². The molecule has 19 heavy (non-hydrogen) atoms. The summed E-state index contributed by atoms with van der Waals surface area (Å²) in [5.74, 6) is 0.701. The van der Waals surface area contributed by atoms with E-state index >= 15 is 0 Å². The molecule has 3 nitrogen and oxygen atoms in total. The maximum absolute atomic E-state index is 5.94. The summed E-state index contributed by atoms with van der Waals surface area (Å²) in [4.78, 5) is 8.09. The van der Waals surface area contributed by atoms with Gasteiger partial charge in [-0.2, -0.15) is 0 Å². The molecule has 1 aromatic carbocycles. The van der Waals surface area contributed by atoms with E-state index in [9.17, 15) is 0 Å². The lowest BCUT2D eigenvalue weighted by molar-refractivity contribution is 0.868. The van der Waals surface area contributed by atoms with Gasteiger partial charge in [-0.25, -0.2) is 9.97 Å². The van der Waals surface area contributed by atoms with E-state index in [0.29, 0.717) is 15.4 Å². The minimum Gasteiger partial charge on any atom is -0.362 e. The molecule has 0 aliphatic carbocycles. The molecule has 1 heterocycles. The van der Waals surface area contributed by atoms with Crippen LogP contribution in [0.5, 0.6) is 0 Å². The first-order chi connectivity index (χ1) is 9.11. The van der Waals surface area contributed by atoms with Gasteiger partial charge >= 0.3 is 0 Å². The molecule has 0 aliphatic rings. The second-order valence-electron chi connectivity index (χ2n) is 4.29. The zero-order chi connectivity index (χ0) is 13.8. The van der Waals surface area contributed by atoms with Crippen molar-refractivity contribution in [2.24, 2.45) is 0 Å². The Morgan fingerprint density at radius 3 is 2.58 bits per heavy atom. The Kier molecular flexibility index (Phi) is 4.77. The van der Waals surface area contributed by atoms with Crippen LogP contribution in [0.1, 0.15) is 31.0 Å². The molecule has 0 saturated carbocycles. The van der Waals surface area contributed by atoms with Gasteiger partial charge in [0.2, 0.25) is 0 Å². The van der Waals surface area contributed by atoms with Crippen molar-refractivity contribution in [2.75, 3.05) is 5.32 Å². The molecule has 100 valence electrons. The average molecular weight is 341 g/mol. The summed E-state index contributed by atoms with van der Waals surface area (Å²) in [5.41, 5.74) is 2.54. The van der Waals surface area contributed by atoms with Crippen LogP contribution in [0.2, 0.25) is 5.15 Å². The fourth-order valence-corrected chi connectivity index (χ4v) is 2.23. The van der Waals surface area contributed by atoms with Crippen molar-refractivity contribution in [3.63, 3.8) is 0 Å². The molecule has 1 N–H and O–H groups in total. The lowest BCUT2D eigenvalue weighted by atomic mass is 10.1. The first-order valence-corrected chi connectivity index (χ1v) is 7.30. The third-order valence-electron chi connectivity index (χ3n) is 2.99. The number of anilines is 1. The van der Waals surface area contributed by atoms with E-state index in [2.05, 4.69) is 69.3 Å². The second-order valence-corrected chi connectivity index (χ2v) is 5.44. The van der Waals surface area contributed by atoms with Gasteiger partial charge < -0.3 is 5.32 Å². The van der Waals surface area contributed by atoms with Crippen LogP contribution in [-0.4, -0.2) is 9.97 Å². The molecule has 1 aromatic heterocycles. The predicted molar refractivity (Wildman–Crippen MR) is 82.6 cm³/mol. The van der Waals surface area contributed by atoms with Crippen LogP contribution in [0.25, 0.3) is 0 Å². The number of halogens is 2. The zero-order valence-corrected chi connectivity index (χ0v) is 13.2. The molecular weight excluding hydrogens is 326 g/mol. The Bertz CT molecular complexity index is 557. The highest BCUT2D eigenvalue weighted by Crippen LogP contribution is 2.29. The number of aromatic nitrogens is 2. The molecule has 1 atom stereocenters. The Balaban J connectivity index is 2.15. The Morgan fingerprint density at radius 1 is 1.26 bits per heavy atom. The minimum absolute atomic E-state index is 0.146. The van der Waals surface area contributed by atoms with Gasteiger partial charge in [-0.3, -0.25) is 0 Å². The van der Waals surface area contributed by atoms with Crippen molar-refractivity contribution >= 4 is 33.3 Å². The standard InChI is InChI=1S/C14H15BrClN3/c1-3-10-4-6-11(7-5-10)9(2)19-14-12(15)13(16)17-8-18-14/h4-9H,3H2,1-2H3,(H,17,18,19). The Labute approximate surface area is 126 Å². The maximum Gasteiger partial charge on any atom is 0.148 e. The van der Waals surface area contributed by atoms with Crippen molar-refractivity contribution in [3.8, 4) is 0 Å². The first-order valence-electron chi connectivity index (χ1n) is 6.13. The second kappa shape index (κ2) is 6.35. The van der Waals surface area contributed by atoms with Crippen molar-refractivity contribution in [1.29, 1.82) is 0 Å². The normalized spacial score (nSPS) is 12.2. The van der Waals surface area contributed by atoms with E-state index in [1.54, 1.807) is 0 Å². The number of rotatable bonds is 4. The van der Waals surface area contributed by atoms with Crippen molar-refractivity contribution in [2.45, 2.75) is 26.3 Å². The van der Waals surface area contributed by atoms with Crippen molar-refractivity contribution < 1.29 is 0 Å². The lowest BCUT2D eigenvalue weighted by Crippen LogP contribution is -2.09. The molecule has 1 unspecified atom stereocenters. The topological polar surface area (TPSA) is 37.8 Å². The highest BCUT2D eigenvalue weighted by atomic mass is 79.9. The number of aryl methyl sites for hydroxylation is 1. The summed E-state index contributed by atoms with van der Waals surface area (Å²) in [5, 5.41) is 3.73. The Hall–Kier alpha value is -1.13. The third kappa shape index (κ3) is 3.45. The number of hydrogen-bond donors (Lipinski definition) is 1. The highest BCUT2D eigenvalue weighted by molar-refractivity contribution is 9.10. The summed E-state index contributed by atoms with van der Waals surface area (Å²) in [6.45, 7) is 4.24. The van der Waals surface area contributed by atoms with Crippen LogP contribution < -0.4 is 5.32 Å². The monoisotopic (exact) mass is 339 g/mol. The molecule has 0 bridgehead atoms. The van der Waals surface area contributed by atoms with Crippen molar-refractivity contribution in [1.82, 2.24) is 9.97 Å². The summed E-state index contributed by atoms with van der Waals surface area (Å²) in [6, 6.07) is 8.71. The van der Waals surface area contributed by atoms with E-state index < -0.39 is 0 Å². The van der Waals surface area contributed by atoms with Gasteiger partial charge in [-0.05, 0) is 40.4 Å². The van der Waals surface area contributed by atoms with Gasteiger partial charge in [0.1, 0.15) is 17.3 Å². The summed E-state index contributed by atoms with van der Waals surface area (Å²) in [6.07, 6.45) is 2.50. The first kappa shape index (κ1) is 14.3. The van der Waals surface area contributed by atoms with E-state index in [1.165, 1.54) is 17.5 Å². The van der Waals surface area contributed by atoms with Crippen LogP contribution in [0.15, 0.2) is 35.1 Å². The quantitative estimate of drug-likeness (QED) is 0.825. The van der Waals surface area contributed by atoms with E-state index in [4.69, 9.17) is 11.6 Å². The molecule has 2 aromatic rings. The summed E-state index contributed by atoms with van der Waals surface area (Å²) in [7, 11) is 0. The third-order valence-corrected chi connectivity index (χ3v) is 4.25. The number of nitrogens with one attached hydrogen (secondary N) is 1. The fourth-order valence-electron chi connectivity index (χ4n) is 1.78. The fraction of sp³-hybridized carbons (Fsp3) is 0.286. The average Bonchev–Trinajstić information content (AvgIpc) is 2.44. The number of hydrogen-bond acceptors (Lipinski definition) is 3. The molecule has 0 radical (unpaired) electrons. The zero-order valence-electron chi connectivity index (χ0n) is 10.8. The molecule has 0 amide bonds. The van der Waals surface area contributed by atoms with Crippen LogP contribution in [0, 0.1) is 0 Å². The molecule has 2 rings (SSSR count). The molecule has 0 aliphatic heterocycles. The van der Waals surface area contributed by atoms with Gasteiger partial charge in [0.05, 0.1) is 4.47 Å². The predicted octanol–water partition coefficient (Wildman–Crippen LogP) is 4.63. The van der Waals surface area contributed by atoms with Crippen LogP contribution in [-0.2, 0) is 6.42 Å². The van der Waals surface area contributed by atoms with Crippen molar-refractivity contribution in [3.05, 3.63) is 51.3 Å². The Morgan fingerprint density at radius 2 is 1.95 bits per heavy atom.